The van der Waals surface area contributed by atoms with Crippen molar-refractivity contribution in [1.29, 1.82) is 0 Å². The van der Waals surface area contributed by atoms with Gasteiger partial charge in [-0.1, -0.05) is 12.1 Å². The number of hydrogen-bond acceptors (Lipinski definition) is 3. The van der Waals surface area contributed by atoms with Crippen molar-refractivity contribution in [3.63, 3.8) is 0 Å². The summed E-state index contributed by atoms with van der Waals surface area (Å²) in [6.07, 6.45) is 4.98. The van der Waals surface area contributed by atoms with Crippen LogP contribution in [0.25, 0.3) is 0 Å². The number of likely N-dealkylation sites (N-methyl/N-ethyl adjacent to an activating group) is 1. The van der Waals surface area contributed by atoms with E-state index in [0.717, 1.165) is 25.5 Å². The van der Waals surface area contributed by atoms with Gasteiger partial charge < -0.3 is 14.8 Å². The second kappa shape index (κ2) is 5.05. The Labute approximate surface area is 114 Å². The average Bonchev–Trinajstić information content (AvgIpc) is 2.97. The SMILES string of the molecule is CN1CCc2cc(CNCc3nccn3C)ccc21. The number of aromatic nitrogens is 2. The van der Waals surface area contributed by atoms with Gasteiger partial charge in [0, 0.05) is 45.3 Å². The van der Waals surface area contributed by atoms with Crippen LogP contribution in [0, 0.1) is 0 Å². The van der Waals surface area contributed by atoms with Gasteiger partial charge in [0.1, 0.15) is 5.82 Å². The van der Waals surface area contributed by atoms with E-state index in [1.807, 2.05) is 24.0 Å². The molecule has 0 fully saturated rings. The van der Waals surface area contributed by atoms with E-state index in [-0.39, 0.29) is 0 Å². The zero-order chi connectivity index (χ0) is 13.2. The molecule has 19 heavy (non-hydrogen) atoms. The number of rotatable bonds is 4. The summed E-state index contributed by atoms with van der Waals surface area (Å²) in [5.41, 5.74) is 4.20. The van der Waals surface area contributed by atoms with Gasteiger partial charge in [0.2, 0.25) is 0 Å². The topological polar surface area (TPSA) is 33.1 Å². The van der Waals surface area contributed by atoms with Gasteiger partial charge in [-0.05, 0) is 23.6 Å². The summed E-state index contributed by atoms with van der Waals surface area (Å²) in [6.45, 7) is 2.84. The lowest BCUT2D eigenvalue weighted by molar-refractivity contribution is 0.639. The molecular formula is C15H20N4. The zero-order valence-corrected chi connectivity index (χ0v) is 11.6. The summed E-state index contributed by atoms with van der Waals surface area (Å²) in [5.74, 6) is 1.07. The van der Waals surface area contributed by atoms with Crippen LogP contribution in [-0.2, 0) is 26.6 Å². The molecule has 0 saturated heterocycles. The first-order chi connectivity index (χ1) is 9.24. The number of aryl methyl sites for hydroxylation is 1. The van der Waals surface area contributed by atoms with Crippen molar-refractivity contribution >= 4 is 5.69 Å². The van der Waals surface area contributed by atoms with Crippen molar-refractivity contribution in [3.8, 4) is 0 Å². The van der Waals surface area contributed by atoms with E-state index in [1.165, 1.54) is 23.2 Å². The van der Waals surface area contributed by atoms with Gasteiger partial charge in [-0.25, -0.2) is 4.98 Å². The van der Waals surface area contributed by atoms with Crippen LogP contribution in [-0.4, -0.2) is 23.1 Å². The van der Waals surface area contributed by atoms with Crippen molar-refractivity contribution in [3.05, 3.63) is 47.5 Å². The Morgan fingerprint density at radius 2 is 2.16 bits per heavy atom. The van der Waals surface area contributed by atoms with Gasteiger partial charge >= 0.3 is 0 Å². The lowest BCUT2D eigenvalue weighted by Gasteiger charge is -2.12. The van der Waals surface area contributed by atoms with Crippen LogP contribution in [0.15, 0.2) is 30.6 Å². The first kappa shape index (κ1) is 12.2. The monoisotopic (exact) mass is 256 g/mol. The van der Waals surface area contributed by atoms with E-state index in [2.05, 4.69) is 40.4 Å². The summed E-state index contributed by atoms with van der Waals surface area (Å²) < 4.78 is 2.05. The van der Waals surface area contributed by atoms with Gasteiger partial charge in [0.15, 0.2) is 0 Å². The smallest absolute Gasteiger partial charge is 0.122 e. The van der Waals surface area contributed by atoms with Gasteiger partial charge in [0.25, 0.3) is 0 Å². The minimum atomic E-state index is 0.806. The summed E-state index contributed by atoms with van der Waals surface area (Å²) in [6, 6.07) is 6.77. The zero-order valence-electron chi connectivity index (χ0n) is 11.6. The molecule has 0 aliphatic carbocycles. The molecule has 4 nitrogen and oxygen atoms in total. The highest BCUT2D eigenvalue weighted by Gasteiger charge is 2.15. The lowest BCUT2D eigenvalue weighted by atomic mass is 10.1. The molecule has 1 aliphatic rings. The van der Waals surface area contributed by atoms with Crippen LogP contribution < -0.4 is 10.2 Å². The largest absolute Gasteiger partial charge is 0.374 e. The van der Waals surface area contributed by atoms with Crippen LogP contribution >= 0.6 is 0 Å². The third kappa shape index (κ3) is 2.49. The van der Waals surface area contributed by atoms with Crippen molar-refractivity contribution in [2.24, 2.45) is 7.05 Å². The Morgan fingerprint density at radius 3 is 2.95 bits per heavy atom. The van der Waals surface area contributed by atoms with E-state index in [0.29, 0.717) is 0 Å². The maximum absolute atomic E-state index is 4.31. The lowest BCUT2D eigenvalue weighted by Crippen LogP contribution is -2.16. The molecule has 1 aliphatic heterocycles. The highest BCUT2D eigenvalue weighted by molar-refractivity contribution is 5.58. The minimum Gasteiger partial charge on any atom is -0.374 e. The fourth-order valence-electron chi connectivity index (χ4n) is 2.62. The number of hydrogen-bond donors (Lipinski definition) is 1. The first-order valence-electron chi connectivity index (χ1n) is 6.74. The van der Waals surface area contributed by atoms with E-state index < -0.39 is 0 Å². The Bertz CT molecular complexity index is 573. The molecule has 2 aromatic rings. The molecule has 3 rings (SSSR count). The molecule has 0 unspecified atom stereocenters. The molecular weight excluding hydrogens is 236 g/mol. The van der Waals surface area contributed by atoms with Crippen molar-refractivity contribution < 1.29 is 0 Å². The fourth-order valence-corrected chi connectivity index (χ4v) is 2.62. The standard InChI is InChI=1S/C15H20N4/c1-18-7-5-13-9-12(3-4-14(13)18)10-16-11-15-17-6-8-19(15)2/h3-4,6,8-9,16H,5,7,10-11H2,1-2H3. The maximum Gasteiger partial charge on any atom is 0.122 e. The third-order valence-electron chi connectivity index (χ3n) is 3.80. The molecule has 2 heterocycles. The third-order valence-corrected chi connectivity index (χ3v) is 3.80. The number of anilines is 1. The fraction of sp³-hybridized carbons (Fsp3) is 0.400. The number of nitrogens with one attached hydrogen (secondary N) is 1. The number of imidazole rings is 1. The summed E-state index contributed by atoms with van der Waals surface area (Å²) in [7, 11) is 4.18. The normalized spacial score (nSPS) is 13.9. The van der Waals surface area contributed by atoms with Gasteiger partial charge in [-0.3, -0.25) is 0 Å². The van der Waals surface area contributed by atoms with Crippen molar-refractivity contribution in [2.45, 2.75) is 19.5 Å². The van der Waals surface area contributed by atoms with E-state index in [9.17, 15) is 0 Å². The first-order valence-corrected chi connectivity index (χ1v) is 6.74. The van der Waals surface area contributed by atoms with Crippen molar-refractivity contribution in [1.82, 2.24) is 14.9 Å². The molecule has 1 aromatic carbocycles. The quantitative estimate of drug-likeness (QED) is 0.904. The second-order valence-corrected chi connectivity index (χ2v) is 5.19. The van der Waals surface area contributed by atoms with Crippen LogP contribution in [0.4, 0.5) is 5.69 Å². The summed E-state index contributed by atoms with van der Waals surface area (Å²) >= 11 is 0. The highest BCUT2D eigenvalue weighted by Crippen LogP contribution is 2.27. The second-order valence-electron chi connectivity index (χ2n) is 5.19. The Kier molecular flexibility index (Phi) is 3.25. The molecule has 1 N–H and O–H groups in total. The molecule has 0 atom stereocenters. The molecule has 0 amide bonds. The number of fused-ring (bicyclic) bond motifs is 1. The predicted molar refractivity (Wildman–Crippen MR) is 77.2 cm³/mol. The van der Waals surface area contributed by atoms with Crippen molar-refractivity contribution in [2.75, 3.05) is 18.5 Å². The average molecular weight is 256 g/mol. The molecule has 4 heteroatoms. The summed E-state index contributed by atoms with van der Waals surface area (Å²) in [4.78, 5) is 6.63. The molecule has 100 valence electrons. The Hall–Kier alpha value is -1.81. The highest BCUT2D eigenvalue weighted by atomic mass is 15.1. The Balaban J connectivity index is 1.60. The molecule has 1 aromatic heterocycles. The van der Waals surface area contributed by atoms with E-state index >= 15 is 0 Å². The number of nitrogens with zero attached hydrogens (tertiary/aromatic N) is 3. The van der Waals surface area contributed by atoms with E-state index in [1.54, 1.807) is 0 Å². The van der Waals surface area contributed by atoms with Gasteiger partial charge in [-0.2, -0.15) is 0 Å². The van der Waals surface area contributed by atoms with Gasteiger partial charge in [-0.15, -0.1) is 0 Å². The van der Waals surface area contributed by atoms with Crippen LogP contribution in [0.5, 0.6) is 0 Å². The van der Waals surface area contributed by atoms with Crippen LogP contribution in [0.1, 0.15) is 17.0 Å². The van der Waals surface area contributed by atoms with Gasteiger partial charge in [0.05, 0.1) is 6.54 Å². The van der Waals surface area contributed by atoms with Crippen LogP contribution in [0.3, 0.4) is 0 Å². The molecule has 0 spiro atoms. The predicted octanol–water partition coefficient (Wildman–Crippen LogP) is 1.70. The van der Waals surface area contributed by atoms with E-state index in [4.69, 9.17) is 0 Å². The maximum atomic E-state index is 4.31. The molecule has 0 radical (unpaired) electrons. The number of benzene rings is 1. The Morgan fingerprint density at radius 1 is 1.26 bits per heavy atom. The summed E-state index contributed by atoms with van der Waals surface area (Å²) in [5, 5.41) is 3.45. The minimum absolute atomic E-state index is 0.806. The van der Waals surface area contributed by atoms with Crippen LogP contribution in [0.2, 0.25) is 0 Å². The molecule has 0 saturated carbocycles. The molecule has 0 bridgehead atoms.